The number of anilines is 1. The van der Waals surface area contributed by atoms with Gasteiger partial charge in [-0.2, -0.15) is 0 Å². The van der Waals surface area contributed by atoms with Crippen LogP contribution in [0.15, 0.2) is 12.1 Å². The van der Waals surface area contributed by atoms with Crippen molar-refractivity contribution in [3.8, 4) is 0 Å². The molecule has 1 aromatic carbocycles. The van der Waals surface area contributed by atoms with Crippen molar-refractivity contribution in [1.82, 2.24) is 0 Å². The number of ether oxygens (including phenoxy) is 1. The van der Waals surface area contributed by atoms with Crippen molar-refractivity contribution >= 4 is 40.5 Å². The summed E-state index contributed by atoms with van der Waals surface area (Å²) in [6.07, 6.45) is 0.940. The average molecular weight is 346 g/mol. The number of hydrogen-bond acceptors (Lipinski definition) is 3. The molecule has 0 aliphatic carbocycles. The van der Waals surface area contributed by atoms with Crippen molar-refractivity contribution in [2.45, 2.75) is 46.6 Å². The predicted octanol–water partition coefficient (Wildman–Crippen LogP) is 4.76. The van der Waals surface area contributed by atoms with Crippen LogP contribution in [0.3, 0.4) is 0 Å². The van der Waals surface area contributed by atoms with Crippen molar-refractivity contribution in [1.29, 1.82) is 0 Å². The number of nitrogens with one attached hydrogen (secondary N) is 1. The third-order valence-electron chi connectivity index (χ3n) is 3.16. The Balaban J connectivity index is 2.94. The second-order valence-corrected chi connectivity index (χ2v) is 6.30. The first-order valence-electron chi connectivity index (χ1n) is 7.22. The van der Waals surface area contributed by atoms with Crippen LogP contribution in [-0.2, 0) is 16.0 Å². The Morgan fingerprint density at radius 2 is 2.05 bits per heavy atom. The zero-order valence-corrected chi connectivity index (χ0v) is 14.8. The molecule has 0 saturated carbocycles. The SMILES string of the molecule is CCC(C)C(=O)Nc1cc(CC(=S)OC(C)C)c(Cl)cc1F. The molecule has 1 N–H and O–H groups in total. The molecular weight excluding hydrogens is 325 g/mol. The van der Waals surface area contributed by atoms with Gasteiger partial charge in [0.15, 0.2) is 5.05 Å². The molecule has 0 saturated heterocycles. The molecule has 0 heterocycles. The molecule has 0 spiro atoms. The van der Waals surface area contributed by atoms with E-state index in [9.17, 15) is 9.18 Å². The summed E-state index contributed by atoms with van der Waals surface area (Å²) in [5.74, 6) is -0.986. The Kier molecular flexibility index (Phi) is 7.23. The van der Waals surface area contributed by atoms with Crippen LogP contribution in [0.4, 0.5) is 10.1 Å². The van der Waals surface area contributed by atoms with Crippen molar-refractivity contribution in [2.24, 2.45) is 5.92 Å². The van der Waals surface area contributed by atoms with E-state index in [4.69, 9.17) is 28.6 Å². The average Bonchev–Trinajstić information content (AvgIpc) is 2.42. The van der Waals surface area contributed by atoms with Gasteiger partial charge in [0.2, 0.25) is 5.91 Å². The summed E-state index contributed by atoms with van der Waals surface area (Å²) in [6, 6.07) is 2.69. The minimum absolute atomic E-state index is 0.0312. The maximum absolute atomic E-state index is 13.9. The molecule has 6 heteroatoms. The summed E-state index contributed by atoms with van der Waals surface area (Å²) in [5.41, 5.74) is 0.727. The van der Waals surface area contributed by atoms with E-state index in [0.29, 0.717) is 23.5 Å². The van der Waals surface area contributed by atoms with E-state index in [-0.39, 0.29) is 28.6 Å². The first kappa shape index (κ1) is 18.8. The first-order chi connectivity index (χ1) is 10.2. The molecular formula is C16H21ClFNO2S. The number of carbonyl (C=O) groups excluding carboxylic acids is 1. The summed E-state index contributed by atoms with van der Waals surface area (Å²) < 4.78 is 19.4. The largest absolute Gasteiger partial charge is 0.484 e. The van der Waals surface area contributed by atoms with Gasteiger partial charge in [-0.05, 0) is 50.2 Å². The number of halogens is 2. The molecule has 22 heavy (non-hydrogen) atoms. The van der Waals surface area contributed by atoms with Crippen LogP contribution in [-0.4, -0.2) is 17.1 Å². The molecule has 3 nitrogen and oxygen atoms in total. The normalized spacial score (nSPS) is 12.1. The molecule has 1 atom stereocenters. The van der Waals surface area contributed by atoms with Crippen LogP contribution in [0.25, 0.3) is 0 Å². The number of thiocarbonyl (C=S) groups is 1. The predicted molar refractivity (Wildman–Crippen MR) is 92.0 cm³/mol. The Morgan fingerprint density at radius 1 is 1.41 bits per heavy atom. The maximum atomic E-state index is 13.9. The highest BCUT2D eigenvalue weighted by Crippen LogP contribution is 2.26. The summed E-state index contributed by atoms with van der Waals surface area (Å²) >= 11 is 11.2. The van der Waals surface area contributed by atoms with E-state index in [1.165, 1.54) is 12.1 Å². The molecule has 1 rings (SSSR count). The van der Waals surface area contributed by atoms with Crippen LogP contribution in [0, 0.1) is 11.7 Å². The van der Waals surface area contributed by atoms with Crippen LogP contribution >= 0.6 is 23.8 Å². The molecule has 0 aliphatic heterocycles. The summed E-state index contributed by atoms with van der Waals surface area (Å²) in [7, 11) is 0. The fourth-order valence-electron chi connectivity index (χ4n) is 1.73. The Morgan fingerprint density at radius 3 is 2.59 bits per heavy atom. The van der Waals surface area contributed by atoms with E-state index in [1.54, 1.807) is 6.92 Å². The van der Waals surface area contributed by atoms with Gasteiger partial charge in [0.05, 0.1) is 11.8 Å². The summed E-state index contributed by atoms with van der Waals surface area (Å²) in [5, 5.41) is 3.22. The molecule has 0 aliphatic rings. The van der Waals surface area contributed by atoms with Crippen LogP contribution < -0.4 is 5.32 Å². The molecule has 1 aromatic rings. The summed E-state index contributed by atoms with van der Waals surface area (Å²) in [4.78, 5) is 11.9. The lowest BCUT2D eigenvalue weighted by molar-refractivity contribution is -0.119. The highest BCUT2D eigenvalue weighted by molar-refractivity contribution is 7.80. The van der Waals surface area contributed by atoms with Crippen molar-refractivity contribution in [3.05, 3.63) is 28.5 Å². The molecule has 0 fully saturated rings. The zero-order chi connectivity index (χ0) is 16.9. The van der Waals surface area contributed by atoms with Gasteiger partial charge in [-0.3, -0.25) is 4.79 Å². The van der Waals surface area contributed by atoms with E-state index in [2.05, 4.69) is 5.32 Å². The van der Waals surface area contributed by atoms with Crippen molar-refractivity contribution < 1.29 is 13.9 Å². The second kappa shape index (κ2) is 8.44. The van der Waals surface area contributed by atoms with Gasteiger partial charge in [-0.15, -0.1) is 0 Å². The van der Waals surface area contributed by atoms with E-state index >= 15 is 0 Å². The molecule has 0 radical (unpaired) electrons. The monoisotopic (exact) mass is 345 g/mol. The Bertz CT molecular complexity index is 563. The third kappa shape index (κ3) is 5.54. The molecule has 1 unspecified atom stereocenters. The van der Waals surface area contributed by atoms with Gasteiger partial charge in [0, 0.05) is 17.4 Å². The number of rotatable bonds is 6. The van der Waals surface area contributed by atoms with Crippen LogP contribution in [0.5, 0.6) is 0 Å². The van der Waals surface area contributed by atoms with Gasteiger partial charge in [-0.25, -0.2) is 4.39 Å². The Labute approximate surface area is 141 Å². The van der Waals surface area contributed by atoms with E-state index in [1.807, 2.05) is 20.8 Å². The van der Waals surface area contributed by atoms with Gasteiger partial charge in [0.1, 0.15) is 5.82 Å². The highest BCUT2D eigenvalue weighted by atomic mass is 35.5. The number of benzene rings is 1. The zero-order valence-electron chi connectivity index (χ0n) is 13.2. The van der Waals surface area contributed by atoms with Crippen LogP contribution in [0.2, 0.25) is 5.02 Å². The second-order valence-electron chi connectivity index (χ2n) is 5.44. The number of amides is 1. The van der Waals surface area contributed by atoms with E-state index in [0.717, 1.165) is 0 Å². The van der Waals surface area contributed by atoms with E-state index < -0.39 is 5.82 Å². The third-order valence-corrected chi connectivity index (χ3v) is 3.75. The smallest absolute Gasteiger partial charge is 0.227 e. The molecule has 122 valence electrons. The maximum Gasteiger partial charge on any atom is 0.227 e. The topological polar surface area (TPSA) is 38.3 Å². The number of carbonyl (C=O) groups is 1. The van der Waals surface area contributed by atoms with Gasteiger partial charge in [0.25, 0.3) is 0 Å². The minimum atomic E-state index is -0.568. The van der Waals surface area contributed by atoms with Crippen LogP contribution in [0.1, 0.15) is 39.7 Å². The molecule has 0 bridgehead atoms. The fourth-order valence-corrected chi connectivity index (χ4v) is 2.29. The van der Waals surface area contributed by atoms with Gasteiger partial charge < -0.3 is 10.1 Å². The van der Waals surface area contributed by atoms with Crippen molar-refractivity contribution in [2.75, 3.05) is 5.32 Å². The van der Waals surface area contributed by atoms with Gasteiger partial charge >= 0.3 is 0 Å². The van der Waals surface area contributed by atoms with Gasteiger partial charge in [-0.1, -0.05) is 25.4 Å². The number of hydrogen-bond donors (Lipinski definition) is 1. The van der Waals surface area contributed by atoms with Crippen molar-refractivity contribution in [3.63, 3.8) is 0 Å². The molecule has 0 aromatic heterocycles. The Hall–Kier alpha value is -1.20. The quantitative estimate of drug-likeness (QED) is 0.755. The standard InChI is InChI=1S/C16H21ClFNO2S/c1-5-10(4)16(20)19-14-6-11(12(17)8-13(14)18)7-15(22)21-9(2)3/h6,8-10H,5,7H2,1-4H3,(H,19,20). The first-order valence-corrected chi connectivity index (χ1v) is 8.01. The lowest BCUT2D eigenvalue weighted by atomic mass is 10.1. The summed E-state index contributed by atoms with van der Waals surface area (Å²) in [6.45, 7) is 7.43. The lowest BCUT2D eigenvalue weighted by Gasteiger charge is -2.15. The highest BCUT2D eigenvalue weighted by Gasteiger charge is 2.16. The fraction of sp³-hybridized carbons (Fsp3) is 0.500. The lowest BCUT2D eigenvalue weighted by Crippen LogP contribution is -2.20. The minimum Gasteiger partial charge on any atom is -0.484 e. The molecule has 1 amide bonds.